The fourth-order valence-corrected chi connectivity index (χ4v) is 9.68. The molecule has 2 aromatic heterocycles. The van der Waals surface area contributed by atoms with Gasteiger partial charge in [0.1, 0.15) is 22.3 Å². The minimum atomic E-state index is 0.888. The second-order valence-corrected chi connectivity index (χ2v) is 15.6. The largest absolute Gasteiger partial charge is 0.456 e. The maximum absolute atomic E-state index is 6.45. The number of hydrogen-bond donors (Lipinski definition) is 0. The molecule has 0 fully saturated rings. The number of rotatable bonds is 3. The maximum Gasteiger partial charge on any atom is 0.136 e. The lowest BCUT2D eigenvalue weighted by molar-refractivity contribution is 0.668. The molecule has 2 nitrogen and oxygen atoms in total. The lowest BCUT2D eigenvalue weighted by Gasteiger charge is -2.19. The van der Waals surface area contributed by atoms with Gasteiger partial charge in [0.2, 0.25) is 0 Å². The molecule has 0 amide bonds. The summed E-state index contributed by atoms with van der Waals surface area (Å²) in [5.74, 6) is 0. The fraction of sp³-hybridized carbons (Fsp3) is 0. The Bertz CT molecular complexity index is 3800. The van der Waals surface area contributed by atoms with Gasteiger partial charge in [0.05, 0.1) is 0 Å². The van der Waals surface area contributed by atoms with E-state index in [1.165, 1.54) is 70.9 Å². The van der Waals surface area contributed by atoms with E-state index in [2.05, 4.69) is 182 Å². The highest BCUT2D eigenvalue weighted by atomic mass is 16.3. The monoisotopic (exact) mass is 736 g/mol. The molecule has 0 radical (unpaired) electrons. The number of hydrogen-bond acceptors (Lipinski definition) is 2. The molecule has 13 aromatic rings. The van der Waals surface area contributed by atoms with Crippen molar-refractivity contribution in [2.45, 2.75) is 0 Å². The quantitative estimate of drug-likeness (QED) is 0.169. The second kappa shape index (κ2) is 11.9. The molecule has 2 heteroatoms. The topological polar surface area (TPSA) is 26.3 Å². The van der Waals surface area contributed by atoms with E-state index < -0.39 is 0 Å². The Morgan fingerprint density at radius 3 is 1.41 bits per heavy atom. The Labute approximate surface area is 332 Å². The van der Waals surface area contributed by atoms with Gasteiger partial charge in [-0.05, 0) is 142 Å². The second-order valence-electron chi connectivity index (χ2n) is 15.6. The molecule has 0 aliphatic carbocycles. The van der Waals surface area contributed by atoms with Crippen LogP contribution < -0.4 is 0 Å². The number of para-hydroxylation sites is 1. The summed E-state index contributed by atoms with van der Waals surface area (Å²) in [6.45, 7) is 0. The highest BCUT2D eigenvalue weighted by Crippen LogP contribution is 2.46. The average Bonchev–Trinajstić information content (AvgIpc) is 3.82. The molecule has 11 aromatic carbocycles. The summed E-state index contributed by atoms with van der Waals surface area (Å²) in [5, 5.41) is 16.7. The highest BCUT2D eigenvalue weighted by molar-refractivity contribution is 6.24. The SMILES string of the molecule is c1ccc2c(-c3c4ccccc4c(-c4ccc5cc(-c6ccc7oc8cc9cc%10c(cc9cc8c7c6)oc6ccccc6%10)ccc5c4)c4ccccc34)cccc2c1. The van der Waals surface area contributed by atoms with E-state index >= 15 is 0 Å². The molecule has 0 atom stereocenters. The van der Waals surface area contributed by atoms with Crippen molar-refractivity contribution in [1.82, 2.24) is 0 Å². The van der Waals surface area contributed by atoms with Crippen molar-refractivity contribution in [2.24, 2.45) is 0 Å². The predicted molar refractivity (Wildman–Crippen MR) is 245 cm³/mol. The number of furan rings is 2. The third kappa shape index (κ3) is 4.60. The Morgan fingerprint density at radius 1 is 0.224 bits per heavy atom. The molecule has 268 valence electrons. The van der Waals surface area contributed by atoms with Crippen LogP contribution in [-0.4, -0.2) is 0 Å². The van der Waals surface area contributed by atoms with Gasteiger partial charge in [0.25, 0.3) is 0 Å². The van der Waals surface area contributed by atoms with Crippen LogP contribution in [-0.2, 0) is 0 Å². The summed E-state index contributed by atoms with van der Waals surface area (Å²) in [4.78, 5) is 0. The van der Waals surface area contributed by atoms with Crippen LogP contribution in [0.15, 0.2) is 203 Å². The standard InChI is InChI=1S/C56H32O2/c1-2-12-41-33(10-1)11-9-18-43(41)56-46-16-5-3-14-44(46)55(45-15-4-6-17-47(45)56)38-23-22-34-26-35(20-21-36(34)27-38)37-24-25-52-49(28-37)50-30-40-31-53-48(29-39(40)32-54(50)58-52)42-13-7-8-19-51(42)57-53/h1-32H. The Morgan fingerprint density at radius 2 is 0.707 bits per heavy atom. The third-order valence-corrected chi connectivity index (χ3v) is 12.4. The molecular weight excluding hydrogens is 705 g/mol. The fourth-order valence-electron chi connectivity index (χ4n) is 9.68. The van der Waals surface area contributed by atoms with Crippen molar-refractivity contribution in [3.8, 4) is 33.4 Å². The third-order valence-electron chi connectivity index (χ3n) is 12.4. The van der Waals surface area contributed by atoms with E-state index in [1.807, 2.05) is 12.1 Å². The van der Waals surface area contributed by atoms with Crippen molar-refractivity contribution in [3.63, 3.8) is 0 Å². The first kappa shape index (κ1) is 31.5. The first-order chi connectivity index (χ1) is 28.7. The Kier molecular flexibility index (Phi) is 6.47. The Hall–Kier alpha value is -7.68. The van der Waals surface area contributed by atoms with Gasteiger partial charge in [-0.15, -0.1) is 0 Å². The van der Waals surface area contributed by atoms with Crippen LogP contribution >= 0.6 is 0 Å². The highest BCUT2D eigenvalue weighted by Gasteiger charge is 2.19. The van der Waals surface area contributed by atoms with Crippen molar-refractivity contribution in [1.29, 1.82) is 0 Å². The van der Waals surface area contributed by atoms with Crippen molar-refractivity contribution in [3.05, 3.63) is 194 Å². The van der Waals surface area contributed by atoms with Gasteiger partial charge in [-0.1, -0.05) is 140 Å². The average molecular weight is 737 g/mol. The lowest BCUT2D eigenvalue weighted by Crippen LogP contribution is -1.91. The molecule has 0 saturated carbocycles. The van der Waals surface area contributed by atoms with Gasteiger partial charge in [-0.25, -0.2) is 0 Å². The van der Waals surface area contributed by atoms with E-state index in [0.717, 1.165) is 60.2 Å². The van der Waals surface area contributed by atoms with Crippen LogP contribution in [0.2, 0.25) is 0 Å². The van der Waals surface area contributed by atoms with Gasteiger partial charge < -0.3 is 8.83 Å². The van der Waals surface area contributed by atoms with Gasteiger partial charge in [0.15, 0.2) is 0 Å². The first-order valence-electron chi connectivity index (χ1n) is 19.9. The van der Waals surface area contributed by atoms with E-state index in [-0.39, 0.29) is 0 Å². The van der Waals surface area contributed by atoms with Crippen LogP contribution in [0, 0.1) is 0 Å². The zero-order valence-corrected chi connectivity index (χ0v) is 31.3. The number of fused-ring (bicyclic) bond motifs is 11. The molecule has 0 aliphatic rings. The van der Waals surface area contributed by atoms with Crippen molar-refractivity contribution >= 4 is 97.7 Å². The minimum absolute atomic E-state index is 0.888. The van der Waals surface area contributed by atoms with Crippen molar-refractivity contribution in [2.75, 3.05) is 0 Å². The van der Waals surface area contributed by atoms with Crippen LogP contribution in [0.3, 0.4) is 0 Å². The molecule has 13 rings (SSSR count). The molecule has 58 heavy (non-hydrogen) atoms. The van der Waals surface area contributed by atoms with E-state index in [0.29, 0.717) is 0 Å². The number of benzene rings is 11. The zero-order chi connectivity index (χ0) is 37.9. The van der Waals surface area contributed by atoms with Crippen LogP contribution in [0.25, 0.3) is 131 Å². The lowest BCUT2D eigenvalue weighted by atomic mass is 9.84. The normalized spacial score (nSPS) is 12.1. The summed E-state index contributed by atoms with van der Waals surface area (Å²) in [6, 6.07) is 70.6. The molecule has 0 bridgehead atoms. The van der Waals surface area contributed by atoms with Crippen LogP contribution in [0.5, 0.6) is 0 Å². The first-order valence-corrected chi connectivity index (χ1v) is 19.9. The summed E-state index contributed by atoms with van der Waals surface area (Å²) in [7, 11) is 0. The van der Waals surface area contributed by atoms with Gasteiger partial charge in [-0.2, -0.15) is 0 Å². The molecule has 0 aliphatic heterocycles. The van der Waals surface area contributed by atoms with Gasteiger partial charge in [-0.3, -0.25) is 0 Å². The van der Waals surface area contributed by atoms with Crippen molar-refractivity contribution < 1.29 is 8.83 Å². The molecular formula is C56H32O2. The molecule has 0 N–H and O–H groups in total. The summed E-state index contributed by atoms with van der Waals surface area (Å²) in [6.07, 6.45) is 0. The minimum Gasteiger partial charge on any atom is -0.456 e. The summed E-state index contributed by atoms with van der Waals surface area (Å²) < 4.78 is 12.7. The van der Waals surface area contributed by atoms with Crippen LogP contribution in [0.4, 0.5) is 0 Å². The van der Waals surface area contributed by atoms with Crippen LogP contribution in [0.1, 0.15) is 0 Å². The smallest absolute Gasteiger partial charge is 0.136 e. The molecule has 2 heterocycles. The van der Waals surface area contributed by atoms with Gasteiger partial charge in [0, 0.05) is 21.5 Å². The Balaban J connectivity index is 0.930. The van der Waals surface area contributed by atoms with E-state index in [1.54, 1.807) is 0 Å². The van der Waals surface area contributed by atoms with E-state index in [4.69, 9.17) is 8.83 Å². The molecule has 0 spiro atoms. The predicted octanol–water partition coefficient (Wildman–Crippen LogP) is 16.3. The van der Waals surface area contributed by atoms with Gasteiger partial charge >= 0.3 is 0 Å². The summed E-state index contributed by atoms with van der Waals surface area (Å²) in [5.41, 5.74) is 11.0. The molecule has 0 saturated heterocycles. The zero-order valence-electron chi connectivity index (χ0n) is 31.3. The maximum atomic E-state index is 6.45. The molecule has 0 unspecified atom stereocenters. The van der Waals surface area contributed by atoms with E-state index in [9.17, 15) is 0 Å². The summed E-state index contributed by atoms with van der Waals surface area (Å²) >= 11 is 0.